The van der Waals surface area contributed by atoms with Gasteiger partial charge in [0.25, 0.3) is 0 Å². The highest BCUT2D eigenvalue weighted by molar-refractivity contribution is 7.09. The molecule has 11 heavy (non-hydrogen) atoms. The van der Waals surface area contributed by atoms with Crippen molar-refractivity contribution in [3.63, 3.8) is 0 Å². The lowest BCUT2D eigenvalue weighted by Crippen LogP contribution is -2.20. The summed E-state index contributed by atoms with van der Waals surface area (Å²) in [7, 11) is 4.06. The van der Waals surface area contributed by atoms with Gasteiger partial charge in [0.15, 0.2) is 0 Å². The smallest absolute Gasteiger partial charge is 0.225 e. The highest BCUT2D eigenvalue weighted by Crippen LogP contribution is 2.02. The first-order valence-corrected chi connectivity index (χ1v) is 4.10. The van der Waals surface area contributed by atoms with Crippen molar-refractivity contribution in [3.05, 3.63) is 0 Å². The molecule has 0 amide bonds. The molecule has 1 aromatic rings. The van der Waals surface area contributed by atoms with Crippen LogP contribution in [0.25, 0.3) is 0 Å². The van der Waals surface area contributed by atoms with Gasteiger partial charge in [-0.2, -0.15) is 0 Å². The first kappa shape index (κ1) is 8.35. The van der Waals surface area contributed by atoms with E-state index in [1.807, 2.05) is 14.1 Å². The monoisotopic (exact) mass is 173 g/mol. The zero-order valence-corrected chi connectivity index (χ0v) is 7.43. The average molecular weight is 173 g/mol. The van der Waals surface area contributed by atoms with E-state index in [2.05, 4.69) is 25.0 Å². The molecule has 0 saturated carbocycles. The van der Waals surface area contributed by atoms with Crippen molar-refractivity contribution in [3.8, 4) is 0 Å². The maximum atomic E-state index is 3.74. The molecular weight excluding hydrogens is 162 g/mol. The average Bonchev–Trinajstić information content (AvgIpc) is 2.39. The minimum absolute atomic E-state index is 0.784. The summed E-state index contributed by atoms with van der Waals surface area (Å²) in [6, 6.07) is 0. The second kappa shape index (κ2) is 4.20. The van der Waals surface area contributed by atoms with Crippen LogP contribution >= 0.6 is 11.5 Å². The van der Waals surface area contributed by atoms with Crippen LogP contribution in [0, 0.1) is 0 Å². The lowest BCUT2D eigenvalue weighted by atomic mass is 10.6. The lowest BCUT2D eigenvalue weighted by molar-refractivity contribution is 0.425. The molecule has 0 aliphatic carbocycles. The van der Waals surface area contributed by atoms with Crippen molar-refractivity contribution < 1.29 is 0 Å². The third-order valence-corrected chi connectivity index (χ3v) is 1.69. The Bertz CT molecular complexity index is 185. The minimum Gasteiger partial charge on any atom is -0.358 e. The zero-order chi connectivity index (χ0) is 8.10. The highest BCUT2D eigenvalue weighted by Gasteiger charge is 1.95. The van der Waals surface area contributed by atoms with E-state index in [-0.39, 0.29) is 0 Å². The Hall–Kier alpha value is -0.750. The molecule has 0 saturated heterocycles. The van der Waals surface area contributed by atoms with Crippen LogP contribution in [-0.4, -0.2) is 46.9 Å². The highest BCUT2D eigenvalue weighted by atomic mass is 32.1. The predicted octanol–water partition coefficient (Wildman–Crippen LogP) is -0.0934. The first-order chi connectivity index (χ1) is 5.29. The Morgan fingerprint density at radius 1 is 1.55 bits per heavy atom. The molecule has 0 spiro atoms. The van der Waals surface area contributed by atoms with Gasteiger partial charge < -0.3 is 10.2 Å². The summed E-state index contributed by atoms with van der Waals surface area (Å²) < 4.78 is 3.62. The Kier molecular flexibility index (Phi) is 3.18. The lowest BCUT2D eigenvalue weighted by Gasteiger charge is -2.08. The minimum atomic E-state index is 0.784. The standard InChI is InChI=1S/C5H11N5S/c1-10(2)4-3-6-5-7-8-9-11-5/h3-4H2,1-2H3,(H,6,7,9). The van der Waals surface area contributed by atoms with Gasteiger partial charge in [-0.05, 0) is 19.3 Å². The van der Waals surface area contributed by atoms with Gasteiger partial charge in [0.1, 0.15) is 0 Å². The van der Waals surface area contributed by atoms with Crippen molar-refractivity contribution >= 4 is 16.7 Å². The van der Waals surface area contributed by atoms with Crippen LogP contribution in [0.15, 0.2) is 0 Å². The first-order valence-electron chi connectivity index (χ1n) is 3.32. The van der Waals surface area contributed by atoms with Crippen LogP contribution in [0.1, 0.15) is 0 Å². The topological polar surface area (TPSA) is 53.9 Å². The van der Waals surface area contributed by atoms with Crippen LogP contribution in [-0.2, 0) is 0 Å². The number of nitrogens with zero attached hydrogens (tertiary/aromatic N) is 4. The molecule has 6 heteroatoms. The fourth-order valence-electron chi connectivity index (χ4n) is 0.588. The summed E-state index contributed by atoms with van der Waals surface area (Å²) in [6.07, 6.45) is 0. The number of likely N-dealkylation sites (N-methyl/N-ethyl adjacent to an activating group) is 1. The summed E-state index contributed by atoms with van der Waals surface area (Å²) in [4.78, 5) is 2.10. The second-order valence-corrected chi connectivity index (χ2v) is 3.13. The number of rotatable bonds is 4. The normalized spacial score (nSPS) is 10.5. The molecule has 0 fully saturated rings. The summed E-state index contributed by atoms with van der Waals surface area (Å²) in [5, 5.41) is 11.1. The van der Waals surface area contributed by atoms with Crippen LogP contribution in [0.5, 0.6) is 0 Å². The van der Waals surface area contributed by atoms with Crippen molar-refractivity contribution in [2.24, 2.45) is 0 Å². The molecule has 5 nitrogen and oxygen atoms in total. The fourth-order valence-corrected chi connectivity index (χ4v) is 0.978. The molecule has 0 aliphatic rings. The Labute approximate surface area is 69.6 Å². The van der Waals surface area contributed by atoms with Crippen molar-refractivity contribution in [1.29, 1.82) is 0 Å². The van der Waals surface area contributed by atoms with Gasteiger partial charge in [0.2, 0.25) is 5.13 Å². The molecule has 0 unspecified atom stereocenters. The van der Waals surface area contributed by atoms with Gasteiger partial charge in [0, 0.05) is 24.6 Å². The summed E-state index contributed by atoms with van der Waals surface area (Å²) in [5.74, 6) is 0. The molecular formula is C5H11N5S. The van der Waals surface area contributed by atoms with E-state index in [1.165, 1.54) is 11.5 Å². The fraction of sp³-hybridized carbons (Fsp3) is 0.800. The van der Waals surface area contributed by atoms with Gasteiger partial charge in [-0.25, -0.2) is 0 Å². The predicted molar refractivity (Wildman–Crippen MR) is 44.7 cm³/mol. The van der Waals surface area contributed by atoms with Crippen molar-refractivity contribution in [2.75, 3.05) is 32.5 Å². The number of aromatic nitrogens is 3. The molecule has 1 heterocycles. The van der Waals surface area contributed by atoms with Crippen molar-refractivity contribution in [1.82, 2.24) is 19.7 Å². The maximum Gasteiger partial charge on any atom is 0.225 e. The van der Waals surface area contributed by atoms with E-state index in [0.717, 1.165) is 18.2 Å². The third-order valence-electron chi connectivity index (χ3n) is 1.13. The summed E-state index contributed by atoms with van der Waals surface area (Å²) in [6.45, 7) is 1.86. The van der Waals surface area contributed by atoms with E-state index >= 15 is 0 Å². The van der Waals surface area contributed by atoms with E-state index < -0.39 is 0 Å². The van der Waals surface area contributed by atoms with Crippen LogP contribution < -0.4 is 5.32 Å². The molecule has 1 N–H and O–H groups in total. The van der Waals surface area contributed by atoms with E-state index in [1.54, 1.807) is 0 Å². The van der Waals surface area contributed by atoms with Gasteiger partial charge >= 0.3 is 0 Å². The second-order valence-electron chi connectivity index (χ2n) is 2.40. The number of nitrogens with one attached hydrogen (secondary N) is 1. The van der Waals surface area contributed by atoms with Gasteiger partial charge in [0.05, 0.1) is 0 Å². The van der Waals surface area contributed by atoms with Crippen LogP contribution in [0.4, 0.5) is 5.13 Å². The molecule has 1 rings (SSSR count). The Balaban J connectivity index is 2.14. The number of anilines is 1. The van der Waals surface area contributed by atoms with E-state index in [9.17, 15) is 0 Å². The largest absolute Gasteiger partial charge is 0.358 e. The SMILES string of the molecule is CN(C)CCNc1nnns1. The molecule has 0 atom stereocenters. The summed E-state index contributed by atoms with van der Waals surface area (Å²) in [5.41, 5.74) is 0. The van der Waals surface area contributed by atoms with Gasteiger partial charge in [-0.1, -0.05) is 9.59 Å². The zero-order valence-electron chi connectivity index (χ0n) is 6.61. The van der Waals surface area contributed by atoms with E-state index in [4.69, 9.17) is 0 Å². The van der Waals surface area contributed by atoms with Crippen LogP contribution in [0.3, 0.4) is 0 Å². The Morgan fingerprint density at radius 2 is 2.36 bits per heavy atom. The van der Waals surface area contributed by atoms with Gasteiger partial charge in [-0.3, -0.25) is 0 Å². The van der Waals surface area contributed by atoms with E-state index in [0.29, 0.717) is 0 Å². The molecule has 0 aromatic carbocycles. The molecule has 0 bridgehead atoms. The maximum absolute atomic E-state index is 3.74. The molecule has 0 aliphatic heterocycles. The quantitative estimate of drug-likeness (QED) is 0.689. The number of hydrogen-bond acceptors (Lipinski definition) is 6. The molecule has 1 aromatic heterocycles. The van der Waals surface area contributed by atoms with Crippen LogP contribution in [0.2, 0.25) is 0 Å². The van der Waals surface area contributed by atoms with Crippen molar-refractivity contribution in [2.45, 2.75) is 0 Å². The van der Waals surface area contributed by atoms with Gasteiger partial charge in [-0.15, -0.1) is 0 Å². The Morgan fingerprint density at radius 3 is 2.91 bits per heavy atom. The molecule has 0 radical (unpaired) electrons. The summed E-state index contributed by atoms with van der Waals surface area (Å²) >= 11 is 1.27. The number of hydrogen-bond donors (Lipinski definition) is 1. The third kappa shape index (κ3) is 3.24. The molecule has 62 valence electrons.